The van der Waals surface area contributed by atoms with Crippen molar-refractivity contribution in [2.45, 2.75) is 19.9 Å². The summed E-state index contributed by atoms with van der Waals surface area (Å²) >= 11 is 0. The Labute approximate surface area is 187 Å². The highest BCUT2D eigenvalue weighted by Crippen LogP contribution is 2.38. The van der Waals surface area contributed by atoms with Crippen molar-refractivity contribution >= 4 is 16.9 Å². The summed E-state index contributed by atoms with van der Waals surface area (Å²) in [5.41, 5.74) is 1.39. The molecular weight excluding hydrogens is 408 g/mol. The van der Waals surface area contributed by atoms with Crippen LogP contribution < -0.4 is 14.9 Å². The quantitative estimate of drug-likeness (QED) is 0.536. The zero-order valence-electron chi connectivity index (χ0n) is 18.9. The number of carbonyl (C=O) groups is 1. The standard InChI is InChI=1S/C25H28N2O5/c1-5-26(6-2)13-14-27-22(16-7-9-17(30-3)10-8-16)21-23(28)19-12-11-18(31-4)15-20(19)32-24(21)25(27)29/h7-12,15,22H,5-6,13-14H2,1-4H3. The summed E-state index contributed by atoms with van der Waals surface area (Å²) in [6, 6.07) is 12.0. The molecule has 4 rings (SSSR count). The number of hydrogen-bond donors (Lipinski definition) is 0. The third-order valence-corrected chi connectivity index (χ3v) is 6.16. The molecule has 0 aliphatic carbocycles. The second kappa shape index (κ2) is 9.04. The second-order valence-electron chi connectivity index (χ2n) is 7.74. The van der Waals surface area contributed by atoms with Gasteiger partial charge in [-0.25, -0.2) is 0 Å². The molecule has 7 nitrogen and oxygen atoms in total. The van der Waals surface area contributed by atoms with E-state index in [1.54, 1.807) is 37.3 Å². The smallest absolute Gasteiger partial charge is 0.290 e. The van der Waals surface area contributed by atoms with Gasteiger partial charge in [0.15, 0.2) is 5.43 Å². The van der Waals surface area contributed by atoms with Crippen LogP contribution in [0.5, 0.6) is 11.5 Å². The third kappa shape index (κ3) is 3.73. The first kappa shape index (κ1) is 21.9. The Kier molecular flexibility index (Phi) is 6.19. The number of likely N-dealkylation sites (N-methyl/N-ethyl adjacent to an activating group) is 1. The van der Waals surface area contributed by atoms with Crippen molar-refractivity contribution < 1.29 is 18.7 Å². The van der Waals surface area contributed by atoms with Crippen LogP contribution in [-0.4, -0.2) is 56.1 Å². The van der Waals surface area contributed by atoms with Crippen LogP contribution in [0.3, 0.4) is 0 Å². The van der Waals surface area contributed by atoms with E-state index in [4.69, 9.17) is 13.9 Å². The van der Waals surface area contributed by atoms with Crippen LogP contribution in [0.15, 0.2) is 51.7 Å². The molecule has 168 valence electrons. The molecule has 3 aromatic rings. The average molecular weight is 437 g/mol. The number of hydrogen-bond acceptors (Lipinski definition) is 6. The van der Waals surface area contributed by atoms with Crippen molar-refractivity contribution in [3.8, 4) is 11.5 Å². The van der Waals surface area contributed by atoms with Gasteiger partial charge in [0.05, 0.1) is 31.2 Å². The van der Waals surface area contributed by atoms with Crippen molar-refractivity contribution in [3.63, 3.8) is 0 Å². The van der Waals surface area contributed by atoms with Gasteiger partial charge < -0.3 is 23.7 Å². The average Bonchev–Trinajstić information content (AvgIpc) is 3.11. The monoisotopic (exact) mass is 436 g/mol. The topological polar surface area (TPSA) is 72.2 Å². The van der Waals surface area contributed by atoms with Crippen molar-refractivity contribution in [2.24, 2.45) is 0 Å². The normalized spacial score (nSPS) is 15.5. The molecule has 0 bridgehead atoms. The van der Waals surface area contributed by atoms with E-state index in [2.05, 4.69) is 18.7 Å². The maximum Gasteiger partial charge on any atom is 0.290 e. The number of nitrogens with zero attached hydrogens (tertiary/aromatic N) is 2. The minimum absolute atomic E-state index is 0.108. The summed E-state index contributed by atoms with van der Waals surface area (Å²) in [6.45, 7) is 7.16. The number of methoxy groups -OCH3 is 2. The first-order chi connectivity index (χ1) is 15.5. The van der Waals surface area contributed by atoms with Gasteiger partial charge in [-0.1, -0.05) is 26.0 Å². The van der Waals surface area contributed by atoms with Crippen LogP contribution in [0.2, 0.25) is 0 Å². The molecule has 0 saturated carbocycles. The van der Waals surface area contributed by atoms with Gasteiger partial charge in [-0.2, -0.15) is 0 Å². The van der Waals surface area contributed by atoms with E-state index in [1.807, 2.05) is 24.3 Å². The number of rotatable bonds is 8. The molecule has 0 radical (unpaired) electrons. The Morgan fingerprint density at radius 2 is 1.62 bits per heavy atom. The van der Waals surface area contributed by atoms with Gasteiger partial charge in [0, 0.05) is 19.2 Å². The number of benzene rings is 2. The SMILES string of the molecule is CCN(CC)CCN1C(=O)c2oc3cc(OC)ccc3c(=O)c2C1c1ccc(OC)cc1. The molecule has 1 aromatic heterocycles. The maximum absolute atomic E-state index is 13.6. The van der Waals surface area contributed by atoms with Crippen LogP contribution >= 0.6 is 0 Å². The summed E-state index contributed by atoms with van der Waals surface area (Å²) < 4.78 is 16.6. The Morgan fingerprint density at radius 3 is 2.25 bits per heavy atom. The number of amides is 1. The molecule has 1 aliphatic heterocycles. The van der Waals surface area contributed by atoms with Crippen molar-refractivity contribution in [3.05, 3.63) is 69.6 Å². The highest BCUT2D eigenvalue weighted by Gasteiger charge is 2.42. The van der Waals surface area contributed by atoms with Crippen LogP contribution in [0.1, 0.15) is 41.6 Å². The molecule has 1 unspecified atom stereocenters. The molecule has 1 aliphatic rings. The molecule has 1 amide bonds. The molecule has 0 spiro atoms. The Balaban J connectivity index is 1.86. The minimum atomic E-state index is -0.512. The number of ether oxygens (including phenoxy) is 2. The lowest BCUT2D eigenvalue weighted by molar-refractivity contribution is 0.0708. The summed E-state index contributed by atoms with van der Waals surface area (Å²) in [5.74, 6) is 1.12. The molecule has 0 fully saturated rings. The summed E-state index contributed by atoms with van der Waals surface area (Å²) in [7, 11) is 3.15. The lowest BCUT2D eigenvalue weighted by Crippen LogP contribution is -2.37. The lowest BCUT2D eigenvalue weighted by atomic mass is 9.98. The molecule has 7 heteroatoms. The van der Waals surface area contributed by atoms with Gasteiger partial charge in [-0.3, -0.25) is 9.59 Å². The van der Waals surface area contributed by atoms with Gasteiger partial charge in [-0.05, 0) is 42.9 Å². The molecule has 1 atom stereocenters. The highest BCUT2D eigenvalue weighted by atomic mass is 16.5. The van der Waals surface area contributed by atoms with E-state index < -0.39 is 6.04 Å². The van der Waals surface area contributed by atoms with Crippen molar-refractivity contribution in [1.29, 1.82) is 0 Å². The highest BCUT2D eigenvalue weighted by molar-refractivity contribution is 5.99. The zero-order chi connectivity index (χ0) is 22.8. The van der Waals surface area contributed by atoms with E-state index in [1.165, 1.54) is 0 Å². The molecule has 0 saturated heterocycles. The zero-order valence-corrected chi connectivity index (χ0v) is 18.9. The third-order valence-electron chi connectivity index (χ3n) is 6.16. The fourth-order valence-corrected chi connectivity index (χ4v) is 4.28. The van der Waals surface area contributed by atoms with E-state index in [0.717, 1.165) is 18.7 Å². The largest absolute Gasteiger partial charge is 0.497 e. The summed E-state index contributed by atoms with van der Waals surface area (Å²) in [6.07, 6.45) is 0. The van der Waals surface area contributed by atoms with E-state index in [9.17, 15) is 9.59 Å². The minimum Gasteiger partial charge on any atom is -0.497 e. The van der Waals surface area contributed by atoms with E-state index >= 15 is 0 Å². The Morgan fingerprint density at radius 1 is 0.969 bits per heavy atom. The molecule has 2 aromatic carbocycles. The van der Waals surface area contributed by atoms with Gasteiger partial charge >= 0.3 is 0 Å². The predicted octanol–water partition coefficient (Wildman–Crippen LogP) is 3.70. The number of fused-ring (bicyclic) bond motifs is 2. The molecule has 32 heavy (non-hydrogen) atoms. The summed E-state index contributed by atoms with van der Waals surface area (Å²) in [4.78, 5) is 31.0. The fourth-order valence-electron chi connectivity index (χ4n) is 4.28. The predicted molar refractivity (Wildman–Crippen MR) is 123 cm³/mol. The Bertz CT molecular complexity index is 1180. The van der Waals surface area contributed by atoms with Crippen LogP contribution in [0.25, 0.3) is 11.0 Å². The van der Waals surface area contributed by atoms with Crippen molar-refractivity contribution in [1.82, 2.24) is 9.80 Å². The first-order valence-corrected chi connectivity index (χ1v) is 10.8. The number of carbonyl (C=O) groups excluding carboxylic acids is 1. The van der Waals surface area contributed by atoms with Gasteiger partial charge in [0.25, 0.3) is 5.91 Å². The van der Waals surface area contributed by atoms with Crippen LogP contribution in [0, 0.1) is 0 Å². The lowest BCUT2D eigenvalue weighted by Gasteiger charge is -2.28. The second-order valence-corrected chi connectivity index (χ2v) is 7.74. The molecule has 0 N–H and O–H groups in total. The molecular formula is C25H28N2O5. The van der Waals surface area contributed by atoms with E-state index in [-0.39, 0.29) is 17.1 Å². The Hall–Kier alpha value is -3.32. The van der Waals surface area contributed by atoms with Crippen LogP contribution in [0.4, 0.5) is 0 Å². The van der Waals surface area contributed by atoms with Crippen LogP contribution in [-0.2, 0) is 0 Å². The first-order valence-electron chi connectivity index (χ1n) is 10.8. The van der Waals surface area contributed by atoms with Crippen molar-refractivity contribution in [2.75, 3.05) is 40.4 Å². The van der Waals surface area contributed by atoms with E-state index in [0.29, 0.717) is 41.1 Å². The van der Waals surface area contributed by atoms with Gasteiger partial charge in [-0.15, -0.1) is 0 Å². The maximum atomic E-state index is 13.6. The fraction of sp³-hybridized carbons (Fsp3) is 0.360. The summed E-state index contributed by atoms with van der Waals surface area (Å²) in [5, 5.41) is 0.432. The van der Waals surface area contributed by atoms with Gasteiger partial charge in [0.2, 0.25) is 5.76 Å². The molecule has 2 heterocycles. The van der Waals surface area contributed by atoms with Gasteiger partial charge in [0.1, 0.15) is 17.1 Å².